The minimum absolute atomic E-state index is 0.278. The summed E-state index contributed by atoms with van der Waals surface area (Å²) >= 11 is 0. The average molecular weight is 377 g/mol. The Balaban J connectivity index is 1.77. The molecule has 0 saturated heterocycles. The van der Waals surface area contributed by atoms with Gasteiger partial charge in [0.1, 0.15) is 0 Å². The molecule has 0 amide bonds. The van der Waals surface area contributed by atoms with Gasteiger partial charge in [0.25, 0.3) is 0 Å². The highest BCUT2D eigenvalue weighted by Crippen LogP contribution is 2.49. The van der Waals surface area contributed by atoms with Crippen molar-refractivity contribution in [2.75, 3.05) is 0 Å². The zero-order valence-electron chi connectivity index (χ0n) is 17.6. The second-order valence-electron chi connectivity index (χ2n) is 10.0. The molecule has 1 aliphatic carbocycles. The number of fused-ring (bicyclic) bond motifs is 3. The van der Waals surface area contributed by atoms with E-state index >= 15 is 0 Å². The lowest BCUT2D eigenvalue weighted by molar-refractivity contribution is -0.670. The molecular formula is C28H26N+. The topological polar surface area (TPSA) is 3.88 Å². The maximum Gasteiger partial charge on any atom is 0.222 e. The summed E-state index contributed by atoms with van der Waals surface area (Å²) in [4.78, 5) is 0. The van der Waals surface area contributed by atoms with E-state index in [-0.39, 0.29) is 5.41 Å². The Labute approximate surface area is 172 Å². The predicted molar refractivity (Wildman–Crippen MR) is 121 cm³/mol. The van der Waals surface area contributed by atoms with Crippen LogP contribution in [0.2, 0.25) is 0 Å². The lowest BCUT2D eigenvalue weighted by atomic mass is 9.85. The van der Waals surface area contributed by atoms with Crippen molar-refractivity contribution in [3.8, 4) is 33.5 Å². The van der Waals surface area contributed by atoms with Crippen molar-refractivity contribution in [3.05, 3.63) is 77.5 Å². The van der Waals surface area contributed by atoms with Crippen molar-refractivity contribution in [2.45, 2.75) is 40.7 Å². The van der Waals surface area contributed by atoms with Gasteiger partial charge in [0, 0.05) is 11.6 Å². The van der Waals surface area contributed by atoms with E-state index in [0.29, 0.717) is 0 Å². The molecule has 2 heterocycles. The van der Waals surface area contributed by atoms with Crippen molar-refractivity contribution in [1.82, 2.24) is 0 Å². The van der Waals surface area contributed by atoms with Gasteiger partial charge in [0.2, 0.25) is 5.69 Å². The molecule has 0 fully saturated rings. The fourth-order valence-electron chi connectivity index (χ4n) is 5.40. The highest BCUT2D eigenvalue weighted by Gasteiger charge is 2.35. The summed E-state index contributed by atoms with van der Waals surface area (Å²) < 4.78 is 2.44. The Morgan fingerprint density at radius 3 is 2.55 bits per heavy atom. The fraction of sp³-hybridized carbons (Fsp3) is 0.250. The van der Waals surface area contributed by atoms with Crippen LogP contribution in [-0.4, -0.2) is 0 Å². The molecular weight excluding hydrogens is 350 g/mol. The van der Waals surface area contributed by atoms with E-state index in [1.807, 2.05) is 0 Å². The molecule has 0 spiro atoms. The van der Waals surface area contributed by atoms with Gasteiger partial charge >= 0.3 is 0 Å². The summed E-state index contributed by atoms with van der Waals surface area (Å²) in [6.45, 7) is 10.2. The first-order valence-electron chi connectivity index (χ1n) is 10.6. The van der Waals surface area contributed by atoms with Gasteiger partial charge in [-0.25, -0.2) is 0 Å². The molecule has 1 nitrogen and oxygen atoms in total. The number of nitrogens with zero attached hydrogens (tertiary/aromatic N) is 1. The van der Waals surface area contributed by atoms with Crippen molar-refractivity contribution >= 4 is 10.8 Å². The van der Waals surface area contributed by atoms with Crippen LogP contribution in [0.15, 0.2) is 60.8 Å². The van der Waals surface area contributed by atoms with E-state index in [4.69, 9.17) is 0 Å². The Kier molecular flexibility index (Phi) is 3.26. The number of rotatable bonds is 1. The molecule has 29 heavy (non-hydrogen) atoms. The number of pyridine rings is 1. The molecule has 0 radical (unpaired) electrons. The molecule has 1 aromatic heterocycles. The van der Waals surface area contributed by atoms with Crippen LogP contribution in [0.4, 0.5) is 0 Å². The molecule has 0 saturated carbocycles. The van der Waals surface area contributed by atoms with Gasteiger partial charge in [0.05, 0.1) is 10.9 Å². The molecule has 1 aliphatic heterocycles. The van der Waals surface area contributed by atoms with E-state index in [0.717, 1.165) is 13.0 Å². The molecule has 3 aromatic carbocycles. The van der Waals surface area contributed by atoms with E-state index in [1.54, 1.807) is 0 Å². The molecule has 6 rings (SSSR count). The van der Waals surface area contributed by atoms with Crippen molar-refractivity contribution in [2.24, 2.45) is 5.41 Å². The summed E-state index contributed by atoms with van der Waals surface area (Å²) in [6, 6.07) is 21.0. The van der Waals surface area contributed by atoms with Crippen LogP contribution in [-0.2, 0) is 13.0 Å². The molecule has 0 N–H and O–H groups in total. The Bertz CT molecular complexity index is 1340. The first-order valence-corrected chi connectivity index (χ1v) is 10.6. The highest BCUT2D eigenvalue weighted by atomic mass is 15.0. The molecule has 2 aliphatic rings. The average Bonchev–Trinajstić information content (AvgIpc) is 2.99. The van der Waals surface area contributed by atoms with Gasteiger partial charge in [-0.2, -0.15) is 4.57 Å². The lowest BCUT2D eigenvalue weighted by Crippen LogP contribution is -2.31. The highest BCUT2D eigenvalue weighted by molar-refractivity contribution is 6.12. The number of benzene rings is 3. The molecule has 0 unspecified atom stereocenters. The van der Waals surface area contributed by atoms with Gasteiger partial charge in [0.15, 0.2) is 12.7 Å². The Morgan fingerprint density at radius 1 is 0.862 bits per heavy atom. The lowest BCUT2D eigenvalue weighted by Gasteiger charge is -2.20. The van der Waals surface area contributed by atoms with Gasteiger partial charge in [-0.15, -0.1) is 0 Å². The number of hydrogen-bond donors (Lipinski definition) is 0. The predicted octanol–water partition coefficient (Wildman–Crippen LogP) is 6.70. The van der Waals surface area contributed by atoms with E-state index in [2.05, 4.69) is 93.1 Å². The maximum absolute atomic E-state index is 2.46. The van der Waals surface area contributed by atoms with Crippen LogP contribution in [0.5, 0.6) is 0 Å². The quantitative estimate of drug-likeness (QED) is 0.281. The van der Waals surface area contributed by atoms with Crippen LogP contribution in [0.25, 0.3) is 44.3 Å². The maximum atomic E-state index is 2.46. The van der Waals surface area contributed by atoms with E-state index in [1.165, 1.54) is 61.0 Å². The third kappa shape index (κ3) is 2.43. The second-order valence-corrected chi connectivity index (χ2v) is 10.0. The summed E-state index contributed by atoms with van der Waals surface area (Å²) in [5.41, 5.74) is 12.8. The standard InChI is InChI=1S/C28H26N/c1-17-12-19-10-11-29-16-20-6-5-7-22-23-14-18(15-28(2,3)4)8-9-21(23)24(13-17)25(19)27(29)26(20)22/h5-14H,15-16H2,1-4H3/q+1. The van der Waals surface area contributed by atoms with Crippen molar-refractivity contribution < 1.29 is 4.57 Å². The van der Waals surface area contributed by atoms with Crippen LogP contribution in [0, 0.1) is 12.3 Å². The third-order valence-corrected chi connectivity index (χ3v) is 6.40. The monoisotopic (exact) mass is 376 g/mol. The largest absolute Gasteiger partial charge is 0.222 e. The Morgan fingerprint density at radius 2 is 1.72 bits per heavy atom. The first-order chi connectivity index (χ1) is 13.9. The summed E-state index contributed by atoms with van der Waals surface area (Å²) in [6.07, 6.45) is 3.36. The van der Waals surface area contributed by atoms with E-state index in [9.17, 15) is 0 Å². The number of hydrogen-bond acceptors (Lipinski definition) is 0. The van der Waals surface area contributed by atoms with Crippen molar-refractivity contribution in [1.29, 1.82) is 0 Å². The SMILES string of the molecule is Cc1cc2c3c4[n+](ccc3c1)Cc1cccc(c1-4)-c1cc(CC(C)(C)C)ccc1-2. The minimum Gasteiger partial charge on any atom is -0.193 e. The number of aryl methyl sites for hydroxylation is 1. The van der Waals surface area contributed by atoms with Gasteiger partial charge in [-0.05, 0) is 57.5 Å². The Hall–Kier alpha value is -2.93. The van der Waals surface area contributed by atoms with Gasteiger partial charge in [-0.1, -0.05) is 69.3 Å². The van der Waals surface area contributed by atoms with E-state index < -0.39 is 0 Å². The summed E-state index contributed by atoms with van der Waals surface area (Å²) in [5, 5.41) is 2.76. The van der Waals surface area contributed by atoms with Gasteiger partial charge < -0.3 is 0 Å². The molecule has 1 heteroatoms. The van der Waals surface area contributed by atoms with Crippen LogP contribution >= 0.6 is 0 Å². The van der Waals surface area contributed by atoms with Crippen LogP contribution < -0.4 is 4.57 Å². The smallest absolute Gasteiger partial charge is 0.193 e. The van der Waals surface area contributed by atoms with Gasteiger partial charge in [-0.3, -0.25) is 0 Å². The van der Waals surface area contributed by atoms with Crippen molar-refractivity contribution in [3.63, 3.8) is 0 Å². The zero-order valence-corrected chi connectivity index (χ0v) is 17.6. The normalized spacial score (nSPS) is 13.5. The number of aromatic nitrogens is 1. The minimum atomic E-state index is 0.278. The summed E-state index contributed by atoms with van der Waals surface area (Å²) in [5.74, 6) is 0. The first kappa shape index (κ1) is 17.0. The molecule has 4 aromatic rings. The molecule has 142 valence electrons. The van der Waals surface area contributed by atoms with Crippen LogP contribution in [0.1, 0.15) is 37.5 Å². The second kappa shape index (κ2) is 5.57. The zero-order chi connectivity index (χ0) is 19.9. The fourth-order valence-corrected chi connectivity index (χ4v) is 5.40. The molecule has 0 atom stereocenters. The summed E-state index contributed by atoms with van der Waals surface area (Å²) in [7, 11) is 0. The van der Waals surface area contributed by atoms with Crippen LogP contribution in [0.3, 0.4) is 0 Å². The third-order valence-electron chi connectivity index (χ3n) is 6.40. The molecule has 0 bridgehead atoms.